The van der Waals surface area contributed by atoms with Crippen molar-refractivity contribution in [2.75, 3.05) is 0 Å². The quantitative estimate of drug-likeness (QED) is 0.666. The molecule has 0 unspecified atom stereocenters. The molecule has 2 nitrogen and oxygen atoms in total. The molecule has 0 aliphatic rings. The molecule has 0 amide bonds. The molecule has 0 aliphatic heterocycles. The predicted octanol–water partition coefficient (Wildman–Crippen LogP) is 4.11. The molecular weight excluding hydrogens is 254 g/mol. The van der Waals surface area contributed by atoms with Crippen LogP contribution in [-0.2, 0) is 6.42 Å². The first kappa shape index (κ1) is 12.1. The van der Waals surface area contributed by atoms with E-state index in [-0.39, 0.29) is 5.78 Å². The van der Waals surface area contributed by atoms with E-state index < -0.39 is 0 Å². The van der Waals surface area contributed by atoms with Crippen LogP contribution in [0.1, 0.15) is 21.7 Å². The number of hydrogen-bond acceptors (Lipinski definition) is 3. The van der Waals surface area contributed by atoms with Crippen LogP contribution in [-0.4, -0.2) is 10.8 Å². The van der Waals surface area contributed by atoms with Gasteiger partial charge in [0.1, 0.15) is 0 Å². The van der Waals surface area contributed by atoms with E-state index in [9.17, 15) is 4.79 Å². The molecule has 0 fully saturated rings. The van der Waals surface area contributed by atoms with Gasteiger partial charge in [0, 0.05) is 28.4 Å². The van der Waals surface area contributed by atoms with Gasteiger partial charge in [-0.2, -0.15) is 0 Å². The van der Waals surface area contributed by atoms with Gasteiger partial charge in [-0.1, -0.05) is 12.1 Å². The van der Waals surface area contributed by atoms with Crippen molar-refractivity contribution in [1.82, 2.24) is 4.98 Å². The molecule has 0 aliphatic carbocycles. The molecule has 19 heavy (non-hydrogen) atoms. The van der Waals surface area contributed by atoms with E-state index in [2.05, 4.69) is 11.1 Å². The number of aromatic nitrogens is 1. The molecule has 3 heteroatoms. The first-order chi connectivity index (χ1) is 9.33. The van der Waals surface area contributed by atoms with Gasteiger partial charge < -0.3 is 0 Å². The average Bonchev–Trinajstić information content (AvgIpc) is 2.97. The lowest BCUT2D eigenvalue weighted by atomic mass is 10.0. The smallest absolute Gasteiger partial charge is 0.163 e. The molecule has 2 heterocycles. The number of carbonyl (C=O) groups is 1. The molecule has 0 bridgehead atoms. The van der Waals surface area contributed by atoms with Crippen LogP contribution in [0.3, 0.4) is 0 Å². The Balaban J connectivity index is 1.77. The molecule has 0 spiro atoms. The maximum absolute atomic E-state index is 12.2. The summed E-state index contributed by atoms with van der Waals surface area (Å²) < 4.78 is 0. The van der Waals surface area contributed by atoms with Crippen molar-refractivity contribution in [3.8, 4) is 0 Å². The molecular formula is C16H13NOS. The van der Waals surface area contributed by atoms with E-state index >= 15 is 0 Å². The normalized spacial score (nSPS) is 10.7. The fourth-order valence-corrected chi connectivity index (χ4v) is 2.79. The topological polar surface area (TPSA) is 30.0 Å². The van der Waals surface area contributed by atoms with Gasteiger partial charge in [0.15, 0.2) is 5.78 Å². The zero-order chi connectivity index (χ0) is 13.1. The maximum atomic E-state index is 12.2. The number of fused-ring (bicyclic) bond motifs is 1. The van der Waals surface area contributed by atoms with E-state index in [1.165, 1.54) is 4.88 Å². The van der Waals surface area contributed by atoms with Gasteiger partial charge in [-0.15, -0.1) is 11.3 Å². The maximum Gasteiger partial charge on any atom is 0.163 e. The Bertz CT molecular complexity index is 704. The summed E-state index contributed by atoms with van der Waals surface area (Å²) in [7, 11) is 0. The SMILES string of the molecule is O=C(CCc1cccs1)c1ccc2ncccc2c1. The largest absolute Gasteiger partial charge is 0.294 e. The molecule has 0 radical (unpaired) electrons. The summed E-state index contributed by atoms with van der Waals surface area (Å²) in [6.45, 7) is 0. The van der Waals surface area contributed by atoms with E-state index in [4.69, 9.17) is 0 Å². The summed E-state index contributed by atoms with van der Waals surface area (Å²) in [5, 5.41) is 3.06. The highest BCUT2D eigenvalue weighted by atomic mass is 32.1. The lowest BCUT2D eigenvalue weighted by Crippen LogP contribution is -2.00. The van der Waals surface area contributed by atoms with Gasteiger partial charge in [0.25, 0.3) is 0 Å². The zero-order valence-electron chi connectivity index (χ0n) is 10.4. The average molecular weight is 267 g/mol. The Morgan fingerprint density at radius 2 is 2.11 bits per heavy atom. The van der Waals surface area contributed by atoms with Gasteiger partial charge in [-0.3, -0.25) is 9.78 Å². The number of rotatable bonds is 4. The number of hydrogen-bond donors (Lipinski definition) is 0. The van der Waals surface area contributed by atoms with Crippen molar-refractivity contribution < 1.29 is 4.79 Å². The van der Waals surface area contributed by atoms with Crippen molar-refractivity contribution in [3.63, 3.8) is 0 Å². The highest BCUT2D eigenvalue weighted by molar-refractivity contribution is 7.09. The fraction of sp³-hybridized carbons (Fsp3) is 0.125. The number of carbonyl (C=O) groups excluding carboxylic acids is 1. The minimum absolute atomic E-state index is 0.194. The van der Waals surface area contributed by atoms with Crippen molar-refractivity contribution in [3.05, 3.63) is 64.5 Å². The zero-order valence-corrected chi connectivity index (χ0v) is 11.2. The minimum atomic E-state index is 0.194. The molecule has 0 atom stereocenters. The number of benzene rings is 1. The number of pyridine rings is 1. The number of nitrogens with zero attached hydrogens (tertiary/aromatic N) is 1. The van der Waals surface area contributed by atoms with Crippen molar-refractivity contribution >= 4 is 28.0 Å². The van der Waals surface area contributed by atoms with Crippen LogP contribution < -0.4 is 0 Å². The summed E-state index contributed by atoms with van der Waals surface area (Å²) in [5.74, 6) is 0.194. The van der Waals surface area contributed by atoms with Gasteiger partial charge in [0.2, 0.25) is 0 Å². The second-order valence-electron chi connectivity index (χ2n) is 4.41. The van der Waals surface area contributed by atoms with Gasteiger partial charge in [-0.05, 0) is 42.1 Å². The Kier molecular flexibility index (Phi) is 3.38. The summed E-state index contributed by atoms with van der Waals surface area (Å²) in [6, 6.07) is 13.7. The number of ketones is 1. The number of Topliss-reactive ketones (excluding diaryl/α,β-unsaturated/α-hetero) is 1. The first-order valence-electron chi connectivity index (χ1n) is 6.23. The second kappa shape index (κ2) is 5.33. The Hall–Kier alpha value is -2.00. The van der Waals surface area contributed by atoms with Gasteiger partial charge in [0.05, 0.1) is 5.52 Å². The lowest BCUT2D eigenvalue weighted by Gasteiger charge is -2.02. The molecule has 1 aromatic carbocycles. The van der Waals surface area contributed by atoms with Crippen LogP contribution in [0.15, 0.2) is 54.0 Å². The Labute approximate surface area is 115 Å². The predicted molar refractivity (Wildman–Crippen MR) is 78.7 cm³/mol. The van der Waals surface area contributed by atoms with Crippen LogP contribution in [0.4, 0.5) is 0 Å². The number of thiophene rings is 1. The van der Waals surface area contributed by atoms with Crippen LogP contribution in [0.25, 0.3) is 10.9 Å². The summed E-state index contributed by atoms with van der Waals surface area (Å²) in [4.78, 5) is 17.7. The van der Waals surface area contributed by atoms with Gasteiger partial charge in [-0.25, -0.2) is 0 Å². The van der Waals surface area contributed by atoms with Crippen LogP contribution >= 0.6 is 11.3 Å². The van der Waals surface area contributed by atoms with Crippen molar-refractivity contribution in [2.24, 2.45) is 0 Å². The molecule has 94 valence electrons. The van der Waals surface area contributed by atoms with Crippen LogP contribution in [0.2, 0.25) is 0 Å². The third-order valence-corrected chi connectivity index (χ3v) is 4.04. The number of aryl methyl sites for hydroxylation is 1. The fourth-order valence-electron chi connectivity index (χ4n) is 2.08. The van der Waals surface area contributed by atoms with E-state index in [1.54, 1.807) is 17.5 Å². The highest BCUT2D eigenvalue weighted by Gasteiger charge is 2.07. The second-order valence-corrected chi connectivity index (χ2v) is 5.45. The monoisotopic (exact) mass is 267 g/mol. The Morgan fingerprint density at radius 3 is 2.95 bits per heavy atom. The molecule has 0 saturated heterocycles. The van der Waals surface area contributed by atoms with Crippen molar-refractivity contribution in [1.29, 1.82) is 0 Å². The summed E-state index contributed by atoms with van der Waals surface area (Å²) in [6.07, 6.45) is 3.15. The van der Waals surface area contributed by atoms with E-state index in [0.29, 0.717) is 6.42 Å². The molecule has 0 N–H and O–H groups in total. The Morgan fingerprint density at radius 1 is 1.16 bits per heavy atom. The third kappa shape index (κ3) is 2.71. The highest BCUT2D eigenvalue weighted by Crippen LogP contribution is 2.17. The van der Waals surface area contributed by atoms with Crippen LogP contribution in [0, 0.1) is 0 Å². The lowest BCUT2D eigenvalue weighted by molar-refractivity contribution is 0.0983. The van der Waals surface area contributed by atoms with Crippen molar-refractivity contribution in [2.45, 2.75) is 12.8 Å². The van der Waals surface area contributed by atoms with Gasteiger partial charge >= 0.3 is 0 Å². The summed E-state index contributed by atoms with van der Waals surface area (Å²) in [5.41, 5.74) is 1.70. The first-order valence-corrected chi connectivity index (χ1v) is 7.11. The van der Waals surface area contributed by atoms with E-state index in [1.807, 2.05) is 41.8 Å². The minimum Gasteiger partial charge on any atom is -0.294 e. The molecule has 0 saturated carbocycles. The molecule has 3 rings (SSSR count). The van der Waals surface area contributed by atoms with Crippen LogP contribution in [0.5, 0.6) is 0 Å². The molecule has 3 aromatic rings. The molecule has 2 aromatic heterocycles. The van der Waals surface area contributed by atoms with E-state index in [0.717, 1.165) is 22.9 Å². The third-order valence-electron chi connectivity index (χ3n) is 3.10. The summed E-state index contributed by atoms with van der Waals surface area (Å²) >= 11 is 1.70. The standard InChI is InChI=1S/C16H13NOS/c18-16(8-6-14-4-2-10-19-14)13-5-7-15-12(11-13)3-1-9-17-15/h1-5,7,9-11H,6,8H2.